The number of carboxylic acid groups (broad SMARTS) is 1. The molecular formula is C15H20N2O4. The molecule has 0 radical (unpaired) electrons. The van der Waals surface area contributed by atoms with E-state index in [-0.39, 0.29) is 29.7 Å². The van der Waals surface area contributed by atoms with Crippen molar-refractivity contribution in [1.82, 2.24) is 9.88 Å². The third-order valence-electron chi connectivity index (χ3n) is 4.02. The Morgan fingerprint density at radius 2 is 2.14 bits per heavy atom. The van der Waals surface area contributed by atoms with Crippen LogP contribution in [-0.4, -0.2) is 28.1 Å². The second-order valence-electron chi connectivity index (χ2n) is 5.42. The smallest absolute Gasteiger partial charge is 0.306 e. The summed E-state index contributed by atoms with van der Waals surface area (Å²) in [7, 11) is 0. The van der Waals surface area contributed by atoms with E-state index < -0.39 is 5.97 Å². The highest BCUT2D eigenvalue weighted by Crippen LogP contribution is 2.31. The number of rotatable bonds is 6. The summed E-state index contributed by atoms with van der Waals surface area (Å²) >= 11 is 0. The molecule has 1 fully saturated rings. The number of pyridine rings is 1. The molecule has 0 aromatic carbocycles. The molecule has 6 heteroatoms. The maximum atomic E-state index is 11.8. The Bertz CT molecular complexity index is 567. The number of aromatic nitrogens is 1. The predicted molar refractivity (Wildman–Crippen MR) is 76.8 cm³/mol. The molecule has 1 heterocycles. The first kappa shape index (κ1) is 15.3. The molecular weight excluding hydrogens is 272 g/mol. The first-order valence-corrected chi connectivity index (χ1v) is 7.23. The number of carboxylic acids is 1. The zero-order valence-electron chi connectivity index (χ0n) is 11.8. The fourth-order valence-electron chi connectivity index (χ4n) is 2.81. The van der Waals surface area contributed by atoms with Crippen LogP contribution in [0, 0.1) is 11.8 Å². The van der Waals surface area contributed by atoms with Gasteiger partial charge in [0, 0.05) is 31.8 Å². The van der Waals surface area contributed by atoms with Gasteiger partial charge in [0.05, 0.1) is 5.92 Å². The van der Waals surface area contributed by atoms with Gasteiger partial charge >= 0.3 is 5.97 Å². The van der Waals surface area contributed by atoms with E-state index in [1.165, 1.54) is 10.6 Å². The summed E-state index contributed by atoms with van der Waals surface area (Å²) in [5.41, 5.74) is -0.132. The highest BCUT2D eigenvalue weighted by molar-refractivity contribution is 5.76. The van der Waals surface area contributed by atoms with E-state index in [2.05, 4.69) is 5.32 Å². The lowest BCUT2D eigenvalue weighted by molar-refractivity contribution is -0.143. The van der Waals surface area contributed by atoms with Crippen LogP contribution in [-0.2, 0) is 16.1 Å². The lowest BCUT2D eigenvalue weighted by Crippen LogP contribution is -2.33. The molecule has 1 amide bonds. The maximum Gasteiger partial charge on any atom is 0.306 e. The van der Waals surface area contributed by atoms with Gasteiger partial charge in [-0.15, -0.1) is 0 Å². The number of hydrogen-bond acceptors (Lipinski definition) is 3. The molecule has 2 rings (SSSR count). The minimum atomic E-state index is -0.775. The zero-order chi connectivity index (χ0) is 15.2. The summed E-state index contributed by atoms with van der Waals surface area (Å²) in [5.74, 6) is -1.25. The van der Waals surface area contributed by atoms with Crippen molar-refractivity contribution in [3.8, 4) is 0 Å². The van der Waals surface area contributed by atoms with Gasteiger partial charge in [0.2, 0.25) is 5.91 Å². The first-order chi connectivity index (χ1) is 10.1. The Labute approximate surface area is 122 Å². The molecule has 2 N–H and O–H groups in total. The Hall–Kier alpha value is -2.11. The fraction of sp³-hybridized carbons (Fsp3) is 0.533. The quantitative estimate of drug-likeness (QED) is 0.813. The van der Waals surface area contributed by atoms with Crippen molar-refractivity contribution < 1.29 is 14.7 Å². The summed E-state index contributed by atoms with van der Waals surface area (Å²) in [6.45, 7) is 0.734. The summed E-state index contributed by atoms with van der Waals surface area (Å²) in [4.78, 5) is 34.3. The average molecular weight is 292 g/mol. The van der Waals surface area contributed by atoms with Crippen LogP contribution in [0.15, 0.2) is 29.2 Å². The molecule has 1 saturated carbocycles. The van der Waals surface area contributed by atoms with E-state index >= 15 is 0 Å². The van der Waals surface area contributed by atoms with Gasteiger partial charge in [0.1, 0.15) is 0 Å². The predicted octanol–water partition coefficient (Wildman–Crippen LogP) is 0.855. The van der Waals surface area contributed by atoms with Gasteiger partial charge in [-0.2, -0.15) is 0 Å². The second kappa shape index (κ2) is 7.06. The van der Waals surface area contributed by atoms with Gasteiger partial charge in [0.25, 0.3) is 5.56 Å². The number of carbonyl (C=O) groups excluding carboxylic acids is 1. The molecule has 0 bridgehead atoms. The minimum absolute atomic E-state index is 0.0193. The van der Waals surface area contributed by atoms with Crippen molar-refractivity contribution in [3.63, 3.8) is 0 Å². The largest absolute Gasteiger partial charge is 0.481 e. The maximum absolute atomic E-state index is 11.8. The normalized spacial score (nSPS) is 21.1. The Kier molecular flexibility index (Phi) is 5.14. The Morgan fingerprint density at radius 3 is 2.86 bits per heavy atom. The molecule has 2 atom stereocenters. The lowest BCUT2D eigenvalue weighted by Gasteiger charge is -2.16. The summed E-state index contributed by atoms with van der Waals surface area (Å²) in [6.07, 6.45) is 4.29. The molecule has 0 saturated heterocycles. The molecule has 1 aliphatic rings. The molecule has 2 unspecified atom stereocenters. The van der Waals surface area contributed by atoms with Crippen molar-refractivity contribution in [1.29, 1.82) is 0 Å². The number of carbonyl (C=O) groups is 2. The van der Waals surface area contributed by atoms with Crippen LogP contribution < -0.4 is 10.9 Å². The van der Waals surface area contributed by atoms with E-state index in [1.807, 2.05) is 0 Å². The first-order valence-electron chi connectivity index (χ1n) is 7.23. The van der Waals surface area contributed by atoms with Gasteiger partial charge in [-0.25, -0.2) is 0 Å². The van der Waals surface area contributed by atoms with Crippen molar-refractivity contribution >= 4 is 11.9 Å². The Balaban J connectivity index is 1.76. The molecule has 114 valence electrons. The standard InChI is InChI=1S/C15H20N2O4/c18-13(7-9-17-8-2-1-6-14(17)19)16-10-11-4-3-5-12(11)15(20)21/h1-2,6,8,11-12H,3-5,7,9-10H2,(H,16,18)(H,20,21). The van der Waals surface area contributed by atoms with Crippen LogP contribution >= 0.6 is 0 Å². The van der Waals surface area contributed by atoms with Crippen molar-refractivity contribution in [2.24, 2.45) is 11.8 Å². The monoisotopic (exact) mass is 292 g/mol. The van der Waals surface area contributed by atoms with Crippen LogP contribution in [0.2, 0.25) is 0 Å². The Morgan fingerprint density at radius 1 is 1.33 bits per heavy atom. The van der Waals surface area contributed by atoms with Gasteiger partial charge in [0.15, 0.2) is 0 Å². The third-order valence-corrected chi connectivity index (χ3v) is 4.02. The van der Waals surface area contributed by atoms with E-state index in [0.29, 0.717) is 19.5 Å². The fourth-order valence-corrected chi connectivity index (χ4v) is 2.81. The number of hydrogen-bond donors (Lipinski definition) is 2. The highest BCUT2D eigenvalue weighted by atomic mass is 16.4. The molecule has 1 aromatic heterocycles. The van der Waals surface area contributed by atoms with Crippen molar-refractivity contribution in [3.05, 3.63) is 34.7 Å². The lowest BCUT2D eigenvalue weighted by atomic mass is 9.96. The molecule has 0 spiro atoms. The number of nitrogens with zero attached hydrogens (tertiary/aromatic N) is 1. The van der Waals surface area contributed by atoms with Gasteiger partial charge in [-0.1, -0.05) is 12.5 Å². The van der Waals surface area contributed by atoms with E-state index in [1.54, 1.807) is 18.3 Å². The number of amides is 1. The van der Waals surface area contributed by atoms with Crippen LogP contribution in [0.5, 0.6) is 0 Å². The number of aryl methyl sites for hydroxylation is 1. The minimum Gasteiger partial charge on any atom is -0.481 e. The van der Waals surface area contributed by atoms with Crippen LogP contribution in [0.1, 0.15) is 25.7 Å². The molecule has 21 heavy (non-hydrogen) atoms. The van der Waals surface area contributed by atoms with E-state index in [0.717, 1.165) is 12.8 Å². The highest BCUT2D eigenvalue weighted by Gasteiger charge is 2.32. The molecule has 1 aromatic rings. The number of nitrogens with one attached hydrogen (secondary N) is 1. The number of aliphatic carboxylic acids is 1. The summed E-state index contributed by atoms with van der Waals surface area (Å²) in [5, 5.41) is 11.9. The van der Waals surface area contributed by atoms with Crippen LogP contribution in [0.4, 0.5) is 0 Å². The van der Waals surface area contributed by atoms with Crippen LogP contribution in [0.25, 0.3) is 0 Å². The van der Waals surface area contributed by atoms with Crippen LogP contribution in [0.3, 0.4) is 0 Å². The second-order valence-corrected chi connectivity index (χ2v) is 5.42. The summed E-state index contributed by atoms with van der Waals surface area (Å²) < 4.78 is 1.48. The average Bonchev–Trinajstić information content (AvgIpc) is 2.93. The zero-order valence-corrected chi connectivity index (χ0v) is 11.8. The molecule has 6 nitrogen and oxygen atoms in total. The molecule has 1 aliphatic carbocycles. The third kappa shape index (κ3) is 4.18. The van der Waals surface area contributed by atoms with Gasteiger partial charge in [-0.05, 0) is 24.8 Å². The summed E-state index contributed by atoms with van der Waals surface area (Å²) in [6, 6.07) is 4.86. The topological polar surface area (TPSA) is 88.4 Å². The van der Waals surface area contributed by atoms with E-state index in [4.69, 9.17) is 5.11 Å². The SMILES string of the molecule is O=C(CCn1ccccc1=O)NCC1CCCC1C(=O)O. The van der Waals surface area contributed by atoms with Gasteiger partial charge < -0.3 is 15.0 Å². The molecule has 0 aliphatic heterocycles. The van der Waals surface area contributed by atoms with Gasteiger partial charge in [-0.3, -0.25) is 14.4 Å². The van der Waals surface area contributed by atoms with E-state index in [9.17, 15) is 14.4 Å². The van der Waals surface area contributed by atoms with Crippen molar-refractivity contribution in [2.75, 3.05) is 6.54 Å². The van der Waals surface area contributed by atoms with Crippen molar-refractivity contribution in [2.45, 2.75) is 32.2 Å².